The molecule has 1 aliphatic rings. The van der Waals surface area contributed by atoms with E-state index in [-0.39, 0.29) is 23.6 Å². The number of carboxylic acids is 1. The monoisotopic (exact) mass is 437 g/mol. The lowest BCUT2D eigenvalue weighted by molar-refractivity contribution is -0.133. The average molecular weight is 438 g/mol. The number of halogens is 1. The summed E-state index contributed by atoms with van der Waals surface area (Å²) in [6.45, 7) is 0.550. The number of anilines is 1. The molecule has 2 N–H and O–H groups in total. The minimum Gasteiger partial charge on any atom is -0.481 e. The van der Waals surface area contributed by atoms with Crippen LogP contribution < -0.4 is 5.32 Å². The van der Waals surface area contributed by atoms with Crippen molar-refractivity contribution in [1.29, 1.82) is 0 Å². The zero-order chi connectivity index (χ0) is 20.6. The maximum absolute atomic E-state index is 13.1. The number of rotatable bonds is 8. The first-order chi connectivity index (χ1) is 14.0. The number of carbonyl (C=O) groups is 2. The molecule has 0 unspecified atom stereocenters. The van der Waals surface area contributed by atoms with Gasteiger partial charge in [0.15, 0.2) is 5.13 Å². The van der Waals surface area contributed by atoms with E-state index in [1.807, 2.05) is 4.90 Å². The van der Waals surface area contributed by atoms with E-state index < -0.39 is 5.97 Å². The Morgan fingerprint density at radius 2 is 1.97 bits per heavy atom. The molecule has 2 amide bonds. The fourth-order valence-electron chi connectivity index (χ4n) is 3.42. The molecule has 9 heteroatoms. The van der Waals surface area contributed by atoms with Gasteiger partial charge >= 0.3 is 12.0 Å². The average Bonchev–Trinajstić information content (AvgIpc) is 3.16. The van der Waals surface area contributed by atoms with Crippen LogP contribution in [0.3, 0.4) is 0 Å². The molecule has 0 saturated heterocycles. The lowest BCUT2D eigenvalue weighted by atomic mass is 9.94. The molecular weight excluding hydrogens is 413 g/mol. The minimum atomic E-state index is -0.891. The molecule has 0 spiro atoms. The van der Waals surface area contributed by atoms with Gasteiger partial charge in [0.25, 0.3) is 0 Å². The highest BCUT2D eigenvalue weighted by atomic mass is 32.2. The van der Waals surface area contributed by atoms with Crippen LogP contribution in [-0.4, -0.2) is 45.3 Å². The highest BCUT2D eigenvalue weighted by Gasteiger charge is 2.26. The van der Waals surface area contributed by atoms with Crippen molar-refractivity contribution >= 4 is 40.2 Å². The molecule has 0 aliphatic heterocycles. The van der Waals surface area contributed by atoms with Gasteiger partial charge in [-0.2, -0.15) is 0 Å². The van der Waals surface area contributed by atoms with E-state index in [4.69, 9.17) is 5.11 Å². The number of nitrogens with zero attached hydrogens (tertiary/aromatic N) is 2. The number of nitrogens with one attached hydrogen (secondary N) is 1. The van der Waals surface area contributed by atoms with Crippen LogP contribution in [0.15, 0.2) is 34.7 Å². The smallest absolute Gasteiger partial charge is 0.323 e. The number of aromatic nitrogens is 1. The molecule has 3 rings (SSSR count). The van der Waals surface area contributed by atoms with Gasteiger partial charge in [-0.05, 0) is 37.0 Å². The molecule has 6 nitrogen and oxygen atoms in total. The van der Waals surface area contributed by atoms with Crippen molar-refractivity contribution < 1.29 is 19.1 Å². The number of thiazole rings is 1. The van der Waals surface area contributed by atoms with Crippen molar-refractivity contribution in [3.8, 4) is 0 Å². The van der Waals surface area contributed by atoms with Gasteiger partial charge < -0.3 is 10.0 Å². The standard InChI is InChI=1S/C20H24FN3O3S2/c21-15-8-6-14(7-9-15)10-11-24(16-4-2-1-3-5-16)20(27)23-19-22-12-18(29-19)28-13-17(25)26/h6-9,12,16H,1-5,10-11,13H2,(H,25,26)(H,22,23,27). The van der Waals surface area contributed by atoms with Gasteiger partial charge in [0.1, 0.15) is 5.82 Å². The molecule has 29 heavy (non-hydrogen) atoms. The molecule has 0 bridgehead atoms. The molecule has 1 aromatic carbocycles. The summed E-state index contributed by atoms with van der Waals surface area (Å²) in [5.74, 6) is -1.20. The largest absolute Gasteiger partial charge is 0.481 e. The molecule has 1 heterocycles. The Kier molecular flexibility index (Phi) is 7.88. The molecule has 1 saturated carbocycles. The van der Waals surface area contributed by atoms with E-state index in [9.17, 15) is 14.0 Å². The van der Waals surface area contributed by atoms with Crippen LogP contribution in [0.1, 0.15) is 37.7 Å². The number of amides is 2. The molecule has 0 radical (unpaired) electrons. The summed E-state index contributed by atoms with van der Waals surface area (Å²) < 4.78 is 13.9. The van der Waals surface area contributed by atoms with E-state index in [1.54, 1.807) is 18.3 Å². The molecule has 1 fully saturated rings. The van der Waals surface area contributed by atoms with E-state index in [0.717, 1.165) is 35.5 Å². The predicted molar refractivity (Wildman–Crippen MR) is 113 cm³/mol. The van der Waals surface area contributed by atoms with Crippen LogP contribution in [0, 0.1) is 5.82 Å². The Labute approximate surface area is 177 Å². The summed E-state index contributed by atoms with van der Waals surface area (Å²) in [7, 11) is 0. The molecule has 2 aromatic rings. The highest BCUT2D eigenvalue weighted by Crippen LogP contribution is 2.29. The summed E-state index contributed by atoms with van der Waals surface area (Å²) in [5, 5.41) is 12.1. The molecule has 1 aromatic heterocycles. The van der Waals surface area contributed by atoms with E-state index in [0.29, 0.717) is 18.1 Å². The Morgan fingerprint density at radius 3 is 2.66 bits per heavy atom. The quantitative estimate of drug-likeness (QED) is 0.576. The summed E-state index contributed by atoms with van der Waals surface area (Å²) in [6.07, 6.45) is 7.61. The van der Waals surface area contributed by atoms with Crippen molar-refractivity contribution in [2.24, 2.45) is 0 Å². The van der Waals surface area contributed by atoms with Gasteiger partial charge in [-0.3, -0.25) is 10.1 Å². The predicted octanol–water partition coefficient (Wildman–Crippen LogP) is 4.87. The first-order valence-electron chi connectivity index (χ1n) is 9.64. The van der Waals surface area contributed by atoms with Crippen LogP contribution in [0.25, 0.3) is 0 Å². The van der Waals surface area contributed by atoms with Crippen molar-refractivity contribution in [2.45, 2.75) is 48.8 Å². The number of aliphatic carboxylic acids is 1. The van der Waals surface area contributed by atoms with Crippen LogP contribution in [0.4, 0.5) is 14.3 Å². The maximum atomic E-state index is 13.1. The van der Waals surface area contributed by atoms with Gasteiger partial charge in [-0.1, -0.05) is 42.7 Å². The Morgan fingerprint density at radius 1 is 1.24 bits per heavy atom. The van der Waals surface area contributed by atoms with Crippen molar-refractivity contribution in [1.82, 2.24) is 9.88 Å². The maximum Gasteiger partial charge on any atom is 0.323 e. The van der Waals surface area contributed by atoms with Crippen LogP contribution in [0.2, 0.25) is 0 Å². The van der Waals surface area contributed by atoms with Gasteiger partial charge in [-0.25, -0.2) is 14.2 Å². The van der Waals surface area contributed by atoms with Gasteiger partial charge in [0.05, 0.1) is 16.2 Å². The van der Waals surface area contributed by atoms with Crippen LogP contribution >= 0.6 is 23.1 Å². The summed E-state index contributed by atoms with van der Waals surface area (Å²) in [6, 6.07) is 6.37. The number of thioether (sulfide) groups is 1. The lowest BCUT2D eigenvalue weighted by Gasteiger charge is -2.34. The van der Waals surface area contributed by atoms with Crippen LogP contribution in [0.5, 0.6) is 0 Å². The molecule has 1 aliphatic carbocycles. The third-order valence-electron chi connectivity index (χ3n) is 4.87. The van der Waals surface area contributed by atoms with E-state index in [1.165, 1.54) is 41.7 Å². The molecule has 156 valence electrons. The zero-order valence-electron chi connectivity index (χ0n) is 16.0. The van der Waals surface area contributed by atoms with Crippen LogP contribution in [-0.2, 0) is 11.2 Å². The van der Waals surface area contributed by atoms with E-state index in [2.05, 4.69) is 10.3 Å². The summed E-state index contributed by atoms with van der Waals surface area (Å²) >= 11 is 2.45. The number of hydrogen-bond donors (Lipinski definition) is 2. The Bertz CT molecular complexity index is 823. The number of benzene rings is 1. The number of carbonyl (C=O) groups excluding carboxylic acids is 1. The third kappa shape index (κ3) is 6.71. The Balaban J connectivity index is 1.63. The van der Waals surface area contributed by atoms with Crippen molar-refractivity contribution in [3.05, 3.63) is 41.8 Å². The second-order valence-corrected chi connectivity index (χ2v) is 9.26. The Hall–Kier alpha value is -2.13. The number of hydrogen-bond acceptors (Lipinski definition) is 5. The van der Waals surface area contributed by atoms with E-state index >= 15 is 0 Å². The van der Waals surface area contributed by atoms with Gasteiger partial charge in [0, 0.05) is 12.6 Å². The fraction of sp³-hybridized carbons (Fsp3) is 0.450. The first-order valence-corrected chi connectivity index (χ1v) is 11.4. The number of carboxylic acid groups (broad SMARTS) is 1. The highest BCUT2D eigenvalue weighted by molar-refractivity contribution is 8.01. The zero-order valence-corrected chi connectivity index (χ0v) is 17.6. The topological polar surface area (TPSA) is 82.5 Å². The van der Waals surface area contributed by atoms with Gasteiger partial charge in [-0.15, -0.1) is 11.8 Å². The summed E-state index contributed by atoms with van der Waals surface area (Å²) in [5.41, 5.74) is 0.988. The number of urea groups is 1. The van der Waals surface area contributed by atoms with Crippen molar-refractivity contribution in [3.63, 3.8) is 0 Å². The molecular formula is C20H24FN3O3S2. The van der Waals surface area contributed by atoms with Crippen molar-refractivity contribution in [2.75, 3.05) is 17.6 Å². The SMILES string of the molecule is O=C(O)CSc1cnc(NC(=O)N(CCc2ccc(F)cc2)C2CCCCC2)s1. The lowest BCUT2D eigenvalue weighted by Crippen LogP contribution is -2.45. The first kappa shape index (κ1) is 21.6. The third-order valence-corrected chi connectivity index (χ3v) is 6.96. The normalized spacial score (nSPS) is 14.5. The second kappa shape index (κ2) is 10.6. The second-order valence-electron chi connectivity index (χ2n) is 6.96. The fourth-order valence-corrected chi connectivity index (χ4v) is 5.01. The van der Waals surface area contributed by atoms with Gasteiger partial charge in [0.2, 0.25) is 0 Å². The summed E-state index contributed by atoms with van der Waals surface area (Å²) in [4.78, 5) is 29.7. The minimum absolute atomic E-state index is 0.0402. The molecule has 0 atom stereocenters.